The number of hydrogen-bond acceptors (Lipinski definition) is 2. The van der Waals surface area contributed by atoms with Crippen LogP contribution in [0.15, 0.2) is 0 Å². The molecule has 2 rings (SSSR count). The smallest absolute Gasteiger partial charge is 0.0180 e. The van der Waals surface area contributed by atoms with Crippen molar-refractivity contribution in [2.45, 2.75) is 65.0 Å². The molecular formula is C14H30Cl2N2. The zero-order chi connectivity index (χ0) is 11.8. The topological polar surface area (TPSA) is 29.3 Å². The standard InChI is InChI=1S/C14H28N2.2ClH/c1-14(2,3)11-4-6-13(7-5-11)16-9-8-12(15)10-16;;/h11-13H,4-10,15H2,1-3H3;2*1H. The summed E-state index contributed by atoms with van der Waals surface area (Å²) >= 11 is 0. The Balaban J connectivity index is 0.00000144. The van der Waals surface area contributed by atoms with Gasteiger partial charge in [0, 0.05) is 25.2 Å². The van der Waals surface area contributed by atoms with Gasteiger partial charge in [0.1, 0.15) is 0 Å². The number of nitrogens with two attached hydrogens (primary N) is 1. The molecule has 1 atom stereocenters. The third-order valence-electron chi connectivity index (χ3n) is 4.69. The molecule has 2 nitrogen and oxygen atoms in total. The third kappa shape index (κ3) is 4.56. The highest BCUT2D eigenvalue weighted by Gasteiger charge is 2.33. The molecule has 1 aliphatic carbocycles. The number of halogens is 2. The van der Waals surface area contributed by atoms with Gasteiger partial charge in [-0.15, -0.1) is 24.8 Å². The van der Waals surface area contributed by atoms with E-state index >= 15 is 0 Å². The Hall–Kier alpha value is 0.500. The lowest BCUT2D eigenvalue weighted by Gasteiger charge is -2.40. The van der Waals surface area contributed by atoms with Crippen molar-refractivity contribution in [1.29, 1.82) is 0 Å². The van der Waals surface area contributed by atoms with Crippen molar-refractivity contribution in [3.05, 3.63) is 0 Å². The van der Waals surface area contributed by atoms with Crippen LogP contribution in [0.3, 0.4) is 0 Å². The van der Waals surface area contributed by atoms with Crippen LogP contribution in [0.5, 0.6) is 0 Å². The lowest BCUT2D eigenvalue weighted by molar-refractivity contribution is 0.110. The van der Waals surface area contributed by atoms with Gasteiger partial charge in [0.25, 0.3) is 0 Å². The molecule has 1 heterocycles. The van der Waals surface area contributed by atoms with Crippen LogP contribution in [0.4, 0.5) is 0 Å². The van der Waals surface area contributed by atoms with E-state index in [4.69, 9.17) is 5.73 Å². The van der Waals surface area contributed by atoms with Crippen LogP contribution in [0.25, 0.3) is 0 Å². The summed E-state index contributed by atoms with van der Waals surface area (Å²) in [5, 5.41) is 0. The molecule has 0 amide bonds. The molecule has 4 heteroatoms. The van der Waals surface area contributed by atoms with Crippen LogP contribution in [0, 0.1) is 11.3 Å². The maximum absolute atomic E-state index is 5.99. The van der Waals surface area contributed by atoms with Crippen LogP contribution in [-0.4, -0.2) is 30.1 Å². The van der Waals surface area contributed by atoms with Crippen molar-refractivity contribution < 1.29 is 0 Å². The summed E-state index contributed by atoms with van der Waals surface area (Å²) in [5.41, 5.74) is 6.49. The molecule has 1 aliphatic heterocycles. The summed E-state index contributed by atoms with van der Waals surface area (Å²) in [7, 11) is 0. The van der Waals surface area contributed by atoms with Gasteiger partial charge in [-0.25, -0.2) is 0 Å². The molecule has 0 aromatic rings. The van der Waals surface area contributed by atoms with Gasteiger partial charge in [0.05, 0.1) is 0 Å². The fourth-order valence-corrected chi connectivity index (χ4v) is 3.45. The summed E-state index contributed by atoms with van der Waals surface area (Å²) in [4.78, 5) is 2.64. The average Bonchev–Trinajstić information content (AvgIpc) is 2.64. The first-order chi connectivity index (χ1) is 7.47. The highest BCUT2D eigenvalue weighted by molar-refractivity contribution is 5.85. The SMILES string of the molecule is CC(C)(C)C1CCC(N2CCC(N)C2)CC1.Cl.Cl. The van der Waals surface area contributed by atoms with E-state index in [2.05, 4.69) is 25.7 Å². The predicted molar refractivity (Wildman–Crippen MR) is 83.9 cm³/mol. The van der Waals surface area contributed by atoms with Crippen molar-refractivity contribution in [2.75, 3.05) is 13.1 Å². The molecule has 2 aliphatic rings. The predicted octanol–water partition coefficient (Wildman–Crippen LogP) is 3.47. The Morgan fingerprint density at radius 3 is 1.89 bits per heavy atom. The molecule has 0 radical (unpaired) electrons. The van der Waals surface area contributed by atoms with Crippen molar-refractivity contribution in [3.63, 3.8) is 0 Å². The summed E-state index contributed by atoms with van der Waals surface area (Å²) < 4.78 is 0. The van der Waals surface area contributed by atoms with E-state index < -0.39 is 0 Å². The second-order valence-corrected chi connectivity index (χ2v) is 6.92. The van der Waals surface area contributed by atoms with Crippen LogP contribution in [0.2, 0.25) is 0 Å². The molecule has 18 heavy (non-hydrogen) atoms. The molecule has 110 valence electrons. The fraction of sp³-hybridized carbons (Fsp3) is 1.00. The van der Waals surface area contributed by atoms with E-state index in [1.165, 1.54) is 38.6 Å². The number of rotatable bonds is 1. The third-order valence-corrected chi connectivity index (χ3v) is 4.69. The number of nitrogens with zero attached hydrogens (tertiary/aromatic N) is 1. The Kier molecular flexibility index (Phi) is 7.53. The van der Waals surface area contributed by atoms with E-state index in [9.17, 15) is 0 Å². The van der Waals surface area contributed by atoms with Crippen molar-refractivity contribution in [1.82, 2.24) is 4.90 Å². The number of hydrogen-bond donors (Lipinski definition) is 1. The first-order valence-electron chi connectivity index (χ1n) is 6.96. The fourth-order valence-electron chi connectivity index (χ4n) is 3.45. The Labute approximate surface area is 125 Å². The molecule has 1 saturated carbocycles. The molecular weight excluding hydrogens is 267 g/mol. The maximum atomic E-state index is 5.99. The van der Waals surface area contributed by atoms with Gasteiger partial charge in [-0.3, -0.25) is 4.90 Å². The molecule has 0 spiro atoms. The Morgan fingerprint density at radius 2 is 1.50 bits per heavy atom. The summed E-state index contributed by atoms with van der Waals surface area (Å²) in [6.07, 6.45) is 6.84. The van der Waals surface area contributed by atoms with Gasteiger partial charge in [-0.2, -0.15) is 0 Å². The second kappa shape index (κ2) is 7.33. The Bertz CT molecular complexity index is 232. The lowest BCUT2D eigenvalue weighted by atomic mass is 9.71. The summed E-state index contributed by atoms with van der Waals surface area (Å²) in [6, 6.07) is 1.28. The normalized spacial score (nSPS) is 33.7. The zero-order valence-corrected chi connectivity index (χ0v) is 13.7. The van der Waals surface area contributed by atoms with Gasteiger partial charge >= 0.3 is 0 Å². The molecule has 1 saturated heterocycles. The maximum Gasteiger partial charge on any atom is 0.0180 e. The molecule has 1 unspecified atom stereocenters. The monoisotopic (exact) mass is 296 g/mol. The minimum atomic E-state index is 0. The van der Waals surface area contributed by atoms with Crippen LogP contribution in [0.1, 0.15) is 52.9 Å². The highest BCUT2D eigenvalue weighted by Crippen LogP contribution is 2.39. The Morgan fingerprint density at radius 1 is 0.944 bits per heavy atom. The average molecular weight is 297 g/mol. The summed E-state index contributed by atoms with van der Waals surface area (Å²) in [6.45, 7) is 9.56. The molecule has 0 aromatic heterocycles. The van der Waals surface area contributed by atoms with Crippen molar-refractivity contribution >= 4 is 24.8 Å². The van der Waals surface area contributed by atoms with Gasteiger partial charge in [0.15, 0.2) is 0 Å². The van der Waals surface area contributed by atoms with E-state index in [0.29, 0.717) is 11.5 Å². The molecule has 2 N–H and O–H groups in total. The van der Waals surface area contributed by atoms with E-state index in [1.807, 2.05) is 0 Å². The summed E-state index contributed by atoms with van der Waals surface area (Å²) in [5.74, 6) is 0.931. The molecule has 0 bridgehead atoms. The lowest BCUT2D eigenvalue weighted by Crippen LogP contribution is -2.39. The van der Waals surface area contributed by atoms with Crippen LogP contribution >= 0.6 is 24.8 Å². The highest BCUT2D eigenvalue weighted by atomic mass is 35.5. The van der Waals surface area contributed by atoms with Gasteiger partial charge in [-0.05, 0) is 43.4 Å². The quantitative estimate of drug-likeness (QED) is 0.803. The van der Waals surface area contributed by atoms with Crippen LogP contribution < -0.4 is 5.73 Å². The van der Waals surface area contributed by atoms with Gasteiger partial charge < -0.3 is 5.73 Å². The van der Waals surface area contributed by atoms with Crippen molar-refractivity contribution in [3.8, 4) is 0 Å². The first kappa shape index (κ1) is 18.5. The largest absolute Gasteiger partial charge is 0.326 e. The molecule has 2 fully saturated rings. The van der Waals surface area contributed by atoms with Crippen molar-refractivity contribution in [2.24, 2.45) is 17.1 Å². The van der Waals surface area contributed by atoms with Gasteiger partial charge in [0.2, 0.25) is 0 Å². The first-order valence-corrected chi connectivity index (χ1v) is 6.96. The zero-order valence-electron chi connectivity index (χ0n) is 12.0. The number of likely N-dealkylation sites (tertiary alicyclic amines) is 1. The minimum absolute atomic E-state index is 0. The minimum Gasteiger partial charge on any atom is -0.326 e. The van der Waals surface area contributed by atoms with Crippen LogP contribution in [-0.2, 0) is 0 Å². The van der Waals surface area contributed by atoms with E-state index in [1.54, 1.807) is 0 Å². The molecule has 0 aromatic carbocycles. The van der Waals surface area contributed by atoms with E-state index in [-0.39, 0.29) is 24.8 Å². The second-order valence-electron chi connectivity index (χ2n) is 6.92. The van der Waals surface area contributed by atoms with E-state index in [0.717, 1.165) is 18.5 Å². The van der Waals surface area contributed by atoms with Gasteiger partial charge in [-0.1, -0.05) is 20.8 Å².